The number of nitrogens with one attached hydrogen (secondary N) is 1. The van der Waals surface area contributed by atoms with E-state index >= 15 is 0 Å². The van der Waals surface area contributed by atoms with Crippen LogP contribution in [0.4, 0.5) is 0 Å². The van der Waals surface area contributed by atoms with Gasteiger partial charge in [-0.3, -0.25) is 14.5 Å². The van der Waals surface area contributed by atoms with E-state index in [9.17, 15) is 9.59 Å². The highest BCUT2D eigenvalue weighted by molar-refractivity contribution is 6.01. The minimum atomic E-state index is -0.0577. The number of carbonyl (C=O) groups excluding carboxylic acids is 2. The maximum Gasteiger partial charge on any atom is 0.229 e. The van der Waals surface area contributed by atoms with Crippen molar-refractivity contribution in [3.05, 3.63) is 34.4 Å². The van der Waals surface area contributed by atoms with Gasteiger partial charge in [0.1, 0.15) is 0 Å². The monoisotopic (exact) mass is 274 g/mol. The normalized spacial score (nSPS) is 16.9. The first-order valence-corrected chi connectivity index (χ1v) is 7.02. The van der Waals surface area contributed by atoms with Crippen molar-refractivity contribution in [2.75, 3.05) is 13.6 Å². The molecular weight excluding hydrogens is 252 g/mol. The van der Waals surface area contributed by atoms with Gasteiger partial charge in [-0.15, -0.1) is 0 Å². The van der Waals surface area contributed by atoms with Crippen LogP contribution in [-0.2, 0) is 9.59 Å². The minimum Gasteiger partial charge on any atom is -0.312 e. The second-order valence-electron chi connectivity index (χ2n) is 5.55. The molecule has 0 saturated carbocycles. The number of hydrogen-bond donors (Lipinski definition) is 1. The molecule has 1 unspecified atom stereocenters. The van der Waals surface area contributed by atoms with Crippen LogP contribution in [0.1, 0.15) is 41.1 Å². The first-order chi connectivity index (χ1) is 9.43. The third-order valence-electron chi connectivity index (χ3n) is 3.95. The van der Waals surface area contributed by atoms with Crippen LogP contribution in [0.25, 0.3) is 0 Å². The Morgan fingerprint density at radius 1 is 1.10 bits per heavy atom. The van der Waals surface area contributed by atoms with Gasteiger partial charge in [0.2, 0.25) is 11.8 Å². The molecule has 1 aliphatic rings. The second-order valence-corrected chi connectivity index (χ2v) is 5.55. The molecule has 0 aliphatic carbocycles. The molecule has 0 aromatic heterocycles. The fraction of sp³-hybridized carbons (Fsp3) is 0.500. The van der Waals surface area contributed by atoms with Crippen molar-refractivity contribution in [2.24, 2.45) is 0 Å². The highest BCUT2D eigenvalue weighted by atomic mass is 16.2. The Balaban J connectivity index is 2.29. The van der Waals surface area contributed by atoms with Gasteiger partial charge >= 0.3 is 0 Å². The fourth-order valence-corrected chi connectivity index (χ4v) is 3.08. The number of rotatable bonds is 4. The summed E-state index contributed by atoms with van der Waals surface area (Å²) in [6.07, 6.45) is 0.697. The van der Waals surface area contributed by atoms with Gasteiger partial charge in [0.05, 0.1) is 6.04 Å². The van der Waals surface area contributed by atoms with Crippen LogP contribution in [0.3, 0.4) is 0 Å². The van der Waals surface area contributed by atoms with E-state index in [4.69, 9.17) is 0 Å². The molecule has 20 heavy (non-hydrogen) atoms. The number of likely N-dealkylation sites (tertiary alicyclic amines) is 1. The lowest BCUT2D eigenvalue weighted by Crippen LogP contribution is -2.37. The lowest BCUT2D eigenvalue weighted by molar-refractivity contribution is -0.138. The van der Waals surface area contributed by atoms with E-state index in [1.54, 1.807) is 0 Å². The third-order valence-corrected chi connectivity index (χ3v) is 3.95. The molecule has 1 atom stereocenters. The number of nitrogens with zero attached hydrogens (tertiary/aromatic N) is 1. The first-order valence-electron chi connectivity index (χ1n) is 7.02. The Kier molecular flexibility index (Phi) is 4.23. The zero-order valence-corrected chi connectivity index (χ0v) is 12.6. The van der Waals surface area contributed by atoms with Crippen molar-refractivity contribution < 1.29 is 9.59 Å². The molecule has 1 fully saturated rings. The molecule has 1 aromatic carbocycles. The summed E-state index contributed by atoms with van der Waals surface area (Å²) in [7, 11) is 1.87. The van der Waals surface area contributed by atoms with E-state index in [1.807, 2.05) is 7.05 Å². The maximum atomic E-state index is 11.8. The third kappa shape index (κ3) is 2.75. The molecule has 4 heteroatoms. The number of aryl methyl sites for hydroxylation is 3. The molecule has 1 heterocycles. The van der Waals surface area contributed by atoms with Crippen molar-refractivity contribution in [3.8, 4) is 0 Å². The predicted molar refractivity (Wildman–Crippen MR) is 78.4 cm³/mol. The Morgan fingerprint density at radius 3 is 2.05 bits per heavy atom. The number of likely N-dealkylation sites (N-methyl/N-ethyl adjacent to an activating group) is 1. The zero-order chi connectivity index (χ0) is 14.9. The molecule has 1 aliphatic heterocycles. The summed E-state index contributed by atoms with van der Waals surface area (Å²) in [5.74, 6) is -0.115. The molecule has 2 amide bonds. The van der Waals surface area contributed by atoms with Crippen LogP contribution in [0.5, 0.6) is 0 Å². The largest absolute Gasteiger partial charge is 0.312 e. The molecule has 1 saturated heterocycles. The van der Waals surface area contributed by atoms with Crippen molar-refractivity contribution in [1.29, 1.82) is 0 Å². The average Bonchev–Trinajstić information content (AvgIpc) is 2.67. The fourth-order valence-electron chi connectivity index (χ4n) is 3.08. The van der Waals surface area contributed by atoms with Gasteiger partial charge < -0.3 is 5.32 Å². The van der Waals surface area contributed by atoms with Gasteiger partial charge in [0.25, 0.3) is 0 Å². The van der Waals surface area contributed by atoms with Crippen molar-refractivity contribution >= 4 is 11.8 Å². The Labute approximate surface area is 120 Å². The summed E-state index contributed by atoms with van der Waals surface area (Å²) >= 11 is 0. The van der Waals surface area contributed by atoms with Gasteiger partial charge in [-0.05, 0) is 44.5 Å². The molecule has 0 radical (unpaired) electrons. The number of imide groups is 1. The minimum absolute atomic E-state index is 0.0124. The number of amides is 2. The van der Waals surface area contributed by atoms with Gasteiger partial charge in [0, 0.05) is 19.4 Å². The molecule has 4 nitrogen and oxygen atoms in total. The van der Waals surface area contributed by atoms with Crippen LogP contribution in [0.15, 0.2) is 12.1 Å². The Hall–Kier alpha value is -1.68. The maximum absolute atomic E-state index is 11.8. The molecule has 1 aromatic rings. The summed E-state index contributed by atoms with van der Waals surface area (Å²) < 4.78 is 0. The molecule has 108 valence electrons. The summed E-state index contributed by atoms with van der Waals surface area (Å²) in [5, 5.41) is 3.24. The van der Waals surface area contributed by atoms with Crippen LogP contribution in [0, 0.1) is 20.8 Å². The molecule has 1 N–H and O–H groups in total. The smallest absolute Gasteiger partial charge is 0.229 e. The zero-order valence-electron chi connectivity index (χ0n) is 12.6. The number of benzene rings is 1. The van der Waals surface area contributed by atoms with E-state index < -0.39 is 0 Å². The van der Waals surface area contributed by atoms with E-state index in [1.165, 1.54) is 27.2 Å². The van der Waals surface area contributed by atoms with Gasteiger partial charge in [-0.2, -0.15) is 0 Å². The Bertz CT molecular complexity index is 512. The van der Waals surface area contributed by atoms with Crippen molar-refractivity contribution in [1.82, 2.24) is 10.2 Å². The van der Waals surface area contributed by atoms with E-state index in [-0.39, 0.29) is 17.9 Å². The van der Waals surface area contributed by atoms with E-state index in [0.29, 0.717) is 19.4 Å². The topological polar surface area (TPSA) is 49.4 Å². The van der Waals surface area contributed by atoms with Crippen molar-refractivity contribution in [3.63, 3.8) is 0 Å². The van der Waals surface area contributed by atoms with E-state index in [2.05, 4.69) is 38.2 Å². The van der Waals surface area contributed by atoms with Crippen molar-refractivity contribution in [2.45, 2.75) is 39.7 Å². The molecule has 2 rings (SSSR count). The van der Waals surface area contributed by atoms with Crippen LogP contribution >= 0.6 is 0 Å². The lowest BCUT2D eigenvalue weighted by Gasteiger charge is -2.25. The summed E-state index contributed by atoms with van der Waals surface area (Å²) in [4.78, 5) is 24.9. The van der Waals surface area contributed by atoms with Crippen LogP contribution in [0.2, 0.25) is 0 Å². The lowest BCUT2D eigenvalue weighted by atomic mass is 9.93. The summed E-state index contributed by atoms with van der Waals surface area (Å²) in [5.41, 5.74) is 4.81. The van der Waals surface area contributed by atoms with Gasteiger partial charge in [-0.1, -0.05) is 17.7 Å². The molecular formula is C16H22N2O2. The van der Waals surface area contributed by atoms with Gasteiger partial charge in [0.15, 0.2) is 0 Å². The summed E-state index contributed by atoms with van der Waals surface area (Å²) in [6, 6.07) is 4.27. The first kappa shape index (κ1) is 14.7. The second kappa shape index (κ2) is 5.75. The van der Waals surface area contributed by atoms with Crippen LogP contribution < -0.4 is 5.32 Å². The quantitative estimate of drug-likeness (QED) is 0.855. The van der Waals surface area contributed by atoms with E-state index in [0.717, 1.165) is 0 Å². The SMILES string of the molecule is CNC(CN1C(=O)CCC1=O)c1c(C)cc(C)cc1C. The Morgan fingerprint density at radius 2 is 1.60 bits per heavy atom. The number of carbonyl (C=O) groups is 2. The van der Waals surface area contributed by atoms with Gasteiger partial charge in [-0.25, -0.2) is 0 Å². The highest BCUT2D eigenvalue weighted by Crippen LogP contribution is 2.25. The molecule has 0 bridgehead atoms. The standard InChI is InChI=1S/C16H22N2O2/c1-10-7-11(2)16(12(3)8-10)13(17-4)9-18-14(19)5-6-15(18)20/h7-8,13,17H,5-6,9H2,1-4H3. The predicted octanol–water partition coefficient (Wildman–Crippen LogP) is 2.02. The number of hydrogen-bond acceptors (Lipinski definition) is 3. The molecule has 0 spiro atoms. The average molecular weight is 274 g/mol. The summed E-state index contributed by atoms with van der Waals surface area (Å²) in [6.45, 7) is 6.64. The van der Waals surface area contributed by atoms with Crippen LogP contribution in [-0.4, -0.2) is 30.3 Å². The highest BCUT2D eigenvalue weighted by Gasteiger charge is 2.31.